The lowest BCUT2D eigenvalue weighted by molar-refractivity contribution is 0.00263. The zero-order valence-electron chi connectivity index (χ0n) is 16.9. The van der Waals surface area contributed by atoms with E-state index in [9.17, 15) is 4.79 Å². The Balaban J connectivity index is 1.53. The molecular weight excluding hydrogens is 469 g/mol. The first-order valence-electron chi connectivity index (χ1n) is 10.1. The van der Waals surface area contributed by atoms with Crippen molar-refractivity contribution in [2.24, 2.45) is 0 Å². The van der Waals surface area contributed by atoms with E-state index in [2.05, 4.69) is 11.0 Å². The molecule has 0 bridgehead atoms. The average molecular weight is 491 g/mol. The molecule has 5 rings (SSSR count). The zero-order valence-corrected chi connectivity index (χ0v) is 19.1. The van der Waals surface area contributed by atoms with Gasteiger partial charge in [0.1, 0.15) is 12.4 Å². The molecule has 4 aliphatic rings. The number of fused-ring (bicyclic) bond motifs is 3. The number of alkyl halides is 3. The number of hydrogen-bond donors (Lipinski definition) is 0. The summed E-state index contributed by atoms with van der Waals surface area (Å²) in [4.78, 5) is 15.0. The normalized spacial score (nSPS) is 28.8. The van der Waals surface area contributed by atoms with Crippen LogP contribution in [0.2, 0.25) is 0 Å². The fourth-order valence-corrected chi connectivity index (χ4v) is 5.54. The van der Waals surface area contributed by atoms with Crippen LogP contribution in [0.1, 0.15) is 29.9 Å². The Morgan fingerprint density at radius 3 is 2.77 bits per heavy atom. The van der Waals surface area contributed by atoms with E-state index >= 15 is 0 Å². The fraction of sp³-hybridized carbons (Fsp3) is 0.571. The van der Waals surface area contributed by atoms with Crippen LogP contribution in [0, 0.1) is 0 Å². The average Bonchev–Trinajstić information content (AvgIpc) is 3.40. The third kappa shape index (κ3) is 3.69. The fourth-order valence-electron chi connectivity index (χ4n) is 5.37. The highest BCUT2D eigenvalue weighted by Crippen LogP contribution is 2.55. The number of hydrogen-bond acceptors (Lipinski definition) is 7. The van der Waals surface area contributed by atoms with Gasteiger partial charge in [-0.1, -0.05) is 34.8 Å². The molecule has 168 valence electrons. The molecule has 7 nitrogen and oxygen atoms in total. The van der Waals surface area contributed by atoms with Gasteiger partial charge >= 0.3 is 6.16 Å². The monoisotopic (exact) mass is 489 g/mol. The predicted molar refractivity (Wildman–Crippen MR) is 114 cm³/mol. The molecule has 0 saturated carbocycles. The second-order valence-corrected chi connectivity index (χ2v) is 10.7. The zero-order chi connectivity index (χ0) is 21.8. The van der Waals surface area contributed by atoms with Gasteiger partial charge in [0, 0.05) is 6.54 Å². The van der Waals surface area contributed by atoms with Gasteiger partial charge in [-0.05, 0) is 55.1 Å². The molecule has 0 radical (unpaired) electrons. The smallest absolute Gasteiger partial charge is 0.497 e. The van der Waals surface area contributed by atoms with E-state index in [1.54, 1.807) is 7.11 Å². The van der Waals surface area contributed by atoms with E-state index in [0.29, 0.717) is 11.5 Å². The maximum absolute atomic E-state index is 12.5. The van der Waals surface area contributed by atoms with Crippen molar-refractivity contribution in [2.45, 2.75) is 40.6 Å². The summed E-state index contributed by atoms with van der Waals surface area (Å²) in [5.41, 5.74) is 1.90. The molecule has 1 aromatic carbocycles. The van der Waals surface area contributed by atoms with Crippen LogP contribution in [0.4, 0.5) is 4.79 Å². The lowest BCUT2D eigenvalue weighted by Gasteiger charge is -2.39. The third-order valence-electron chi connectivity index (χ3n) is 6.54. The Bertz CT molecular complexity index is 932. The lowest BCUT2D eigenvalue weighted by Crippen LogP contribution is -2.47. The largest absolute Gasteiger partial charge is 0.509 e. The van der Waals surface area contributed by atoms with Gasteiger partial charge in [0.15, 0.2) is 17.6 Å². The summed E-state index contributed by atoms with van der Waals surface area (Å²) in [6.07, 6.45) is 3.37. The number of ether oxygens (including phenoxy) is 5. The van der Waals surface area contributed by atoms with E-state index in [-0.39, 0.29) is 18.2 Å². The van der Waals surface area contributed by atoms with Crippen LogP contribution in [-0.4, -0.2) is 60.1 Å². The maximum Gasteiger partial charge on any atom is 0.509 e. The van der Waals surface area contributed by atoms with Crippen molar-refractivity contribution in [3.8, 4) is 11.5 Å². The summed E-state index contributed by atoms with van der Waals surface area (Å²) >= 11 is 17.1. The summed E-state index contributed by atoms with van der Waals surface area (Å²) in [5, 5.41) is 0. The summed E-state index contributed by atoms with van der Waals surface area (Å²) in [5.74, 6) is 1.85. The molecule has 1 spiro atoms. The van der Waals surface area contributed by atoms with Crippen LogP contribution in [0.3, 0.4) is 0 Å². The molecule has 1 aromatic rings. The molecule has 3 heterocycles. The van der Waals surface area contributed by atoms with E-state index in [4.69, 9.17) is 58.5 Å². The molecule has 10 heteroatoms. The summed E-state index contributed by atoms with van der Waals surface area (Å²) < 4.78 is 26.0. The van der Waals surface area contributed by atoms with Crippen molar-refractivity contribution >= 4 is 41.0 Å². The standard InChI is InChI=1S/C21H22Cl3NO6/c1-27-16-9-20-4-2-5-25(20)6-3-12-7-14-15(30-11-29-14)8-13(12)17(20)18(16)31-19(26)28-10-21(22,23)24/h7-9,17-18H,2-6,10-11H2,1H3/t17-,18-,20+/m1/s1. The van der Waals surface area contributed by atoms with Gasteiger partial charge in [-0.15, -0.1) is 0 Å². The lowest BCUT2D eigenvalue weighted by atomic mass is 9.77. The SMILES string of the molecule is COC1=C[C@]23CCCN2CCc2cc4c(cc2[C@@H]3[C@@H]1OC(=O)OCC(Cl)(Cl)Cl)OCO4. The number of carbonyl (C=O) groups is 1. The van der Waals surface area contributed by atoms with Gasteiger partial charge < -0.3 is 23.7 Å². The Morgan fingerprint density at radius 1 is 1.26 bits per heavy atom. The Labute approximate surface area is 195 Å². The summed E-state index contributed by atoms with van der Waals surface area (Å²) in [6.45, 7) is 1.65. The van der Waals surface area contributed by atoms with E-state index < -0.39 is 22.7 Å². The Kier molecular flexibility index (Phi) is 5.36. The van der Waals surface area contributed by atoms with Crippen molar-refractivity contribution in [1.82, 2.24) is 4.90 Å². The predicted octanol–water partition coefficient (Wildman–Crippen LogP) is 4.33. The van der Waals surface area contributed by atoms with Crippen molar-refractivity contribution in [3.05, 3.63) is 35.1 Å². The first kappa shape index (κ1) is 21.3. The van der Waals surface area contributed by atoms with Crippen molar-refractivity contribution in [3.63, 3.8) is 0 Å². The van der Waals surface area contributed by atoms with Crippen molar-refractivity contribution in [1.29, 1.82) is 0 Å². The molecule has 3 atom stereocenters. The van der Waals surface area contributed by atoms with Gasteiger partial charge in [0.2, 0.25) is 10.6 Å². The number of halogens is 3. The molecule has 0 N–H and O–H groups in total. The van der Waals surface area contributed by atoms with Gasteiger partial charge in [-0.2, -0.15) is 0 Å². The second-order valence-electron chi connectivity index (χ2n) is 8.16. The van der Waals surface area contributed by atoms with Crippen LogP contribution in [-0.2, 0) is 20.6 Å². The molecule has 0 amide bonds. The highest BCUT2D eigenvalue weighted by molar-refractivity contribution is 6.67. The number of benzene rings is 1. The molecule has 1 fully saturated rings. The van der Waals surface area contributed by atoms with Gasteiger partial charge in [-0.3, -0.25) is 4.90 Å². The quantitative estimate of drug-likeness (QED) is 0.462. The van der Waals surface area contributed by atoms with E-state index in [0.717, 1.165) is 49.2 Å². The van der Waals surface area contributed by atoms with Gasteiger partial charge in [-0.25, -0.2) is 4.79 Å². The first-order valence-corrected chi connectivity index (χ1v) is 11.3. The van der Waals surface area contributed by atoms with Crippen LogP contribution >= 0.6 is 34.8 Å². The first-order chi connectivity index (χ1) is 14.8. The molecular formula is C21H22Cl3NO6. The van der Waals surface area contributed by atoms with E-state index in [1.165, 1.54) is 0 Å². The highest BCUT2D eigenvalue weighted by Gasteiger charge is 2.58. The van der Waals surface area contributed by atoms with Gasteiger partial charge in [0.05, 0.1) is 18.6 Å². The van der Waals surface area contributed by atoms with Crippen molar-refractivity contribution < 1.29 is 28.5 Å². The van der Waals surface area contributed by atoms with Crippen LogP contribution < -0.4 is 9.47 Å². The number of nitrogens with zero attached hydrogens (tertiary/aromatic N) is 1. The summed E-state index contributed by atoms with van der Waals surface area (Å²) in [6, 6.07) is 4.05. The van der Waals surface area contributed by atoms with Crippen molar-refractivity contribution in [2.75, 3.05) is 33.6 Å². The minimum Gasteiger partial charge on any atom is -0.497 e. The number of rotatable bonds is 3. The van der Waals surface area contributed by atoms with Gasteiger partial charge in [0.25, 0.3) is 0 Å². The molecule has 1 aliphatic carbocycles. The highest BCUT2D eigenvalue weighted by atomic mass is 35.6. The minimum absolute atomic E-state index is 0.183. The topological polar surface area (TPSA) is 66.5 Å². The molecule has 0 unspecified atom stereocenters. The minimum atomic E-state index is -1.72. The molecule has 1 saturated heterocycles. The third-order valence-corrected chi connectivity index (χ3v) is 6.87. The molecule has 0 aromatic heterocycles. The Hall–Kier alpha value is -1.54. The molecule has 31 heavy (non-hydrogen) atoms. The molecule has 3 aliphatic heterocycles. The number of methoxy groups -OCH3 is 1. The van der Waals surface area contributed by atoms with Crippen LogP contribution in [0.15, 0.2) is 24.0 Å². The van der Waals surface area contributed by atoms with Crippen LogP contribution in [0.5, 0.6) is 11.5 Å². The van der Waals surface area contributed by atoms with E-state index in [1.807, 2.05) is 12.1 Å². The number of carbonyl (C=O) groups excluding carboxylic acids is 1. The summed E-state index contributed by atoms with van der Waals surface area (Å²) in [7, 11) is 1.58. The van der Waals surface area contributed by atoms with Crippen LogP contribution in [0.25, 0.3) is 0 Å². The second kappa shape index (κ2) is 7.80. The maximum atomic E-state index is 12.5. The Morgan fingerprint density at radius 2 is 2.03 bits per heavy atom.